The molecule has 2 heterocycles. The Bertz CT molecular complexity index is 1270. The van der Waals surface area contributed by atoms with E-state index < -0.39 is 5.60 Å². The summed E-state index contributed by atoms with van der Waals surface area (Å²) in [7, 11) is 1.64. The number of halogens is 2. The predicted octanol–water partition coefficient (Wildman–Crippen LogP) is 3.72. The lowest BCUT2D eigenvalue weighted by atomic mass is 9.94. The molecule has 1 aliphatic rings. The second-order valence-corrected chi connectivity index (χ2v) is 10.9. The number of aliphatic hydroxyl groups is 3. The van der Waals surface area contributed by atoms with Gasteiger partial charge in [0.2, 0.25) is 0 Å². The number of β-amino-alcohol motifs (C(OH)–C–C–N with tert-alkyl or cyclic N) is 1. The van der Waals surface area contributed by atoms with Crippen molar-refractivity contribution in [1.29, 1.82) is 0 Å². The molecule has 1 saturated heterocycles. The van der Waals surface area contributed by atoms with Crippen LogP contribution >= 0.6 is 23.2 Å². The lowest BCUT2D eigenvalue weighted by molar-refractivity contribution is 0.00997. The number of aliphatic hydroxyl groups excluding tert-OH is 2. The largest absolute Gasteiger partial charge is 0.395 e. The SMILES string of the molecule is CN(CCO)C(=O)c1ccc(N2CCN(CC(C)(O)c3ccc(CO)nc3)C[C@H]2c2ccc(Cl)cc2)c(Cl)c1. The van der Waals surface area contributed by atoms with Crippen molar-refractivity contribution in [2.45, 2.75) is 25.2 Å². The zero-order valence-corrected chi connectivity index (χ0v) is 23.6. The molecular formula is C29H34Cl2N4O4. The van der Waals surface area contributed by atoms with Crippen molar-refractivity contribution in [3.63, 3.8) is 0 Å². The predicted molar refractivity (Wildman–Crippen MR) is 153 cm³/mol. The van der Waals surface area contributed by atoms with Crippen LogP contribution in [0.15, 0.2) is 60.8 Å². The minimum absolute atomic E-state index is 0.0854. The third kappa shape index (κ3) is 6.90. The number of carbonyl (C=O) groups is 1. The fourth-order valence-corrected chi connectivity index (χ4v) is 5.36. The summed E-state index contributed by atoms with van der Waals surface area (Å²) in [6.07, 6.45) is 1.61. The van der Waals surface area contributed by atoms with Crippen molar-refractivity contribution in [1.82, 2.24) is 14.8 Å². The molecule has 1 aliphatic heterocycles. The van der Waals surface area contributed by atoms with E-state index in [-0.39, 0.29) is 31.7 Å². The lowest BCUT2D eigenvalue weighted by Gasteiger charge is -2.45. The Morgan fingerprint density at radius 1 is 1.10 bits per heavy atom. The molecule has 8 nitrogen and oxygen atoms in total. The number of carbonyl (C=O) groups excluding carboxylic acids is 1. The van der Waals surface area contributed by atoms with Gasteiger partial charge in [-0.05, 0) is 48.9 Å². The van der Waals surface area contributed by atoms with Gasteiger partial charge in [0.05, 0.1) is 35.7 Å². The monoisotopic (exact) mass is 572 g/mol. The van der Waals surface area contributed by atoms with E-state index in [9.17, 15) is 15.0 Å². The van der Waals surface area contributed by atoms with Gasteiger partial charge in [0.15, 0.2) is 0 Å². The molecule has 1 amide bonds. The topological polar surface area (TPSA) is 100 Å². The molecule has 0 bridgehead atoms. The Kier molecular flexibility index (Phi) is 9.48. The number of piperazine rings is 1. The van der Waals surface area contributed by atoms with Gasteiger partial charge in [0.25, 0.3) is 5.91 Å². The minimum Gasteiger partial charge on any atom is -0.395 e. The molecule has 0 radical (unpaired) electrons. The Labute approximate surface area is 239 Å². The Morgan fingerprint density at radius 2 is 1.85 bits per heavy atom. The van der Waals surface area contributed by atoms with Gasteiger partial charge in [0, 0.05) is 62.1 Å². The molecule has 3 aromatic rings. The first-order valence-electron chi connectivity index (χ1n) is 12.8. The molecule has 0 aliphatic carbocycles. The van der Waals surface area contributed by atoms with E-state index in [2.05, 4.69) is 14.8 Å². The highest BCUT2D eigenvalue weighted by molar-refractivity contribution is 6.33. The number of anilines is 1. The number of amides is 1. The van der Waals surface area contributed by atoms with Crippen LogP contribution in [-0.4, -0.2) is 82.4 Å². The Morgan fingerprint density at radius 3 is 2.46 bits per heavy atom. The van der Waals surface area contributed by atoms with Gasteiger partial charge in [-0.3, -0.25) is 14.7 Å². The summed E-state index contributed by atoms with van der Waals surface area (Å²) < 4.78 is 0. The minimum atomic E-state index is -1.14. The first-order valence-corrected chi connectivity index (χ1v) is 13.6. The van der Waals surface area contributed by atoms with Crippen molar-refractivity contribution < 1.29 is 20.1 Å². The normalized spacial score (nSPS) is 17.6. The van der Waals surface area contributed by atoms with Gasteiger partial charge >= 0.3 is 0 Å². The average molecular weight is 574 g/mol. The maximum Gasteiger partial charge on any atom is 0.253 e. The fraction of sp³-hybridized carbons (Fsp3) is 0.379. The fourth-order valence-electron chi connectivity index (χ4n) is 4.95. The first kappa shape index (κ1) is 29.3. The number of nitrogens with zero attached hydrogens (tertiary/aromatic N) is 4. The van der Waals surface area contributed by atoms with Crippen LogP contribution in [0.2, 0.25) is 10.0 Å². The summed E-state index contributed by atoms with van der Waals surface area (Å²) in [5.41, 5.74) is 2.41. The molecule has 0 spiro atoms. The average Bonchev–Trinajstić information content (AvgIpc) is 2.93. The molecule has 1 fully saturated rings. The molecule has 4 rings (SSSR count). The smallest absolute Gasteiger partial charge is 0.253 e. The number of likely N-dealkylation sites (N-methyl/N-ethyl adjacent to an activating group) is 1. The van der Waals surface area contributed by atoms with Crippen molar-refractivity contribution in [3.8, 4) is 0 Å². The van der Waals surface area contributed by atoms with E-state index in [1.807, 2.05) is 30.3 Å². The molecule has 39 heavy (non-hydrogen) atoms. The Hall–Kier alpha value is -2.72. The number of rotatable bonds is 9. The summed E-state index contributed by atoms with van der Waals surface area (Å²) in [5.74, 6) is -0.208. The van der Waals surface area contributed by atoms with Crippen LogP contribution in [-0.2, 0) is 12.2 Å². The molecule has 1 aromatic heterocycles. The molecule has 208 valence electrons. The summed E-state index contributed by atoms with van der Waals surface area (Å²) in [5, 5.41) is 30.9. The second-order valence-electron chi connectivity index (χ2n) is 10.1. The quantitative estimate of drug-likeness (QED) is 0.359. The van der Waals surface area contributed by atoms with Crippen LogP contribution in [0.5, 0.6) is 0 Å². The summed E-state index contributed by atoms with van der Waals surface area (Å²) in [4.78, 5) is 22.8. The molecule has 0 saturated carbocycles. The van der Waals surface area contributed by atoms with Gasteiger partial charge in [0.1, 0.15) is 5.60 Å². The van der Waals surface area contributed by atoms with Crippen LogP contribution in [0, 0.1) is 0 Å². The van der Waals surface area contributed by atoms with Gasteiger partial charge < -0.3 is 25.1 Å². The maximum absolute atomic E-state index is 12.7. The third-order valence-electron chi connectivity index (χ3n) is 7.15. The Balaban J connectivity index is 1.59. The molecular weight excluding hydrogens is 539 g/mol. The summed E-state index contributed by atoms with van der Waals surface area (Å²) in [6.45, 7) is 4.08. The lowest BCUT2D eigenvalue weighted by Crippen LogP contribution is -2.52. The van der Waals surface area contributed by atoms with Crippen LogP contribution < -0.4 is 4.90 Å². The van der Waals surface area contributed by atoms with E-state index in [0.717, 1.165) is 11.3 Å². The third-order valence-corrected chi connectivity index (χ3v) is 7.70. The number of hydrogen-bond acceptors (Lipinski definition) is 7. The van der Waals surface area contributed by atoms with E-state index in [0.29, 0.717) is 53.0 Å². The van der Waals surface area contributed by atoms with Gasteiger partial charge in [-0.25, -0.2) is 0 Å². The van der Waals surface area contributed by atoms with Crippen LogP contribution in [0.3, 0.4) is 0 Å². The molecule has 2 aromatic carbocycles. The maximum atomic E-state index is 12.7. The summed E-state index contributed by atoms with van der Waals surface area (Å²) >= 11 is 12.9. The van der Waals surface area contributed by atoms with E-state index >= 15 is 0 Å². The van der Waals surface area contributed by atoms with E-state index in [1.165, 1.54) is 4.90 Å². The van der Waals surface area contributed by atoms with Crippen molar-refractivity contribution in [3.05, 3.63) is 93.2 Å². The molecule has 1 unspecified atom stereocenters. The van der Waals surface area contributed by atoms with Crippen molar-refractivity contribution in [2.75, 3.05) is 51.3 Å². The van der Waals surface area contributed by atoms with Crippen LogP contribution in [0.1, 0.15) is 40.1 Å². The van der Waals surface area contributed by atoms with Gasteiger partial charge in [-0.1, -0.05) is 41.4 Å². The van der Waals surface area contributed by atoms with Crippen molar-refractivity contribution >= 4 is 34.8 Å². The van der Waals surface area contributed by atoms with Gasteiger partial charge in [-0.2, -0.15) is 0 Å². The highest BCUT2D eigenvalue weighted by atomic mass is 35.5. The highest BCUT2D eigenvalue weighted by Gasteiger charge is 2.34. The number of pyridine rings is 1. The molecule has 10 heteroatoms. The van der Waals surface area contributed by atoms with Crippen LogP contribution in [0.4, 0.5) is 5.69 Å². The zero-order chi connectivity index (χ0) is 28.2. The standard InChI is InChI=1S/C29H34Cl2N4O4/c1-29(39,22-6-9-24(18-37)32-16-22)19-34-11-12-35(27(17-34)20-3-7-23(30)8-4-20)26-10-5-21(15-25(26)31)28(38)33(2)13-14-36/h3-10,15-16,27,36-37,39H,11-14,17-19H2,1-2H3/t27-,29?/m0/s1. The van der Waals surface area contributed by atoms with Crippen LogP contribution in [0.25, 0.3) is 0 Å². The number of aromatic nitrogens is 1. The summed E-state index contributed by atoms with van der Waals surface area (Å²) in [6, 6.07) is 16.4. The van der Waals surface area contributed by atoms with Gasteiger partial charge in [-0.15, -0.1) is 0 Å². The van der Waals surface area contributed by atoms with E-state index in [1.54, 1.807) is 44.4 Å². The molecule has 2 atom stereocenters. The van der Waals surface area contributed by atoms with E-state index in [4.69, 9.17) is 28.3 Å². The highest BCUT2D eigenvalue weighted by Crippen LogP contribution is 2.37. The zero-order valence-electron chi connectivity index (χ0n) is 22.1. The molecule has 3 N–H and O–H groups in total. The second kappa shape index (κ2) is 12.6. The number of hydrogen-bond donors (Lipinski definition) is 3. The first-order chi connectivity index (χ1) is 18.6. The van der Waals surface area contributed by atoms with Crippen molar-refractivity contribution in [2.24, 2.45) is 0 Å². The number of benzene rings is 2.